The van der Waals surface area contributed by atoms with Crippen LogP contribution in [0.2, 0.25) is 5.02 Å². The van der Waals surface area contributed by atoms with Gasteiger partial charge in [0, 0.05) is 23.7 Å². The molecule has 0 bridgehead atoms. The second-order valence-corrected chi connectivity index (χ2v) is 5.23. The van der Waals surface area contributed by atoms with E-state index >= 15 is 0 Å². The molecular weight excluding hydrogens is 276 g/mol. The number of hydrogen-bond donors (Lipinski definition) is 0. The van der Waals surface area contributed by atoms with Gasteiger partial charge in [-0.25, -0.2) is 0 Å². The van der Waals surface area contributed by atoms with E-state index in [1.165, 1.54) is 19.1 Å². The number of halogens is 1. The van der Waals surface area contributed by atoms with Crippen molar-refractivity contribution in [1.82, 2.24) is 4.90 Å². The molecule has 0 saturated carbocycles. The van der Waals surface area contributed by atoms with Crippen LogP contribution in [0.15, 0.2) is 29.4 Å². The quantitative estimate of drug-likeness (QED) is 0.632. The summed E-state index contributed by atoms with van der Waals surface area (Å²) in [6.45, 7) is 1.65. The van der Waals surface area contributed by atoms with Gasteiger partial charge < -0.3 is 9.74 Å². The van der Waals surface area contributed by atoms with Gasteiger partial charge in [-0.2, -0.15) is 0 Å². The van der Waals surface area contributed by atoms with Crippen LogP contribution in [0.3, 0.4) is 0 Å². The normalized spacial score (nSPS) is 16.1. The van der Waals surface area contributed by atoms with E-state index in [4.69, 9.17) is 16.4 Å². The summed E-state index contributed by atoms with van der Waals surface area (Å²) < 4.78 is 0. The summed E-state index contributed by atoms with van der Waals surface area (Å²) in [5, 5.41) is 4.41. The molecule has 0 aromatic heterocycles. The Morgan fingerprint density at radius 3 is 2.65 bits per heavy atom. The average molecular weight is 295 g/mol. The van der Waals surface area contributed by atoms with Crippen molar-refractivity contribution < 1.29 is 9.63 Å². The number of oxime groups is 1. The Bertz CT molecular complexity index is 469. The third-order valence-corrected chi connectivity index (χ3v) is 3.66. The zero-order valence-corrected chi connectivity index (χ0v) is 12.2. The van der Waals surface area contributed by atoms with Gasteiger partial charge in [-0.3, -0.25) is 4.79 Å². The molecule has 1 fully saturated rings. The van der Waals surface area contributed by atoms with Crippen LogP contribution in [-0.4, -0.2) is 36.7 Å². The van der Waals surface area contributed by atoms with Gasteiger partial charge in [-0.1, -0.05) is 47.8 Å². The van der Waals surface area contributed by atoms with E-state index in [1.807, 2.05) is 23.1 Å². The van der Waals surface area contributed by atoms with E-state index in [0.29, 0.717) is 5.02 Å². The van der Waals surface area contributed by atoms with E-state index in [2.05, 4.69) is 5.16 Å². The van der Waals surface area contributed by atoms with Crippen LogP contribution >= 0.6 is 11.6 Å². The molecule has 0 unspecified atom stereocenters. The van der Waals surface area contributed by atoms with Gasteiger partial charge >= 0.3 is 0 Å². The highest BCUT2D eigenvalue weighted by atomic mass is 35.5. The van der Waals surface area contributed by atoms with Crippen LogP contribution in [0.5, 0.6) is 0 Å². The maximum Gasteiger partial charge on any atom is 0.263 e. The number of likely N-dealkylation sites (tertiary alicyclic amines) is 1. The predicted molar refractivity (Wildman–Crippen MR) is 80.0 cm³/mol. The molecule has 1 aliphatic heterocycles. The maximum atomic E-state index is 11.9. The Kier molecular flexibility index (Phi) is 5.87. The molecule has 108 valence electrons. The zero-order valence-electron chi connectivity index (χ0n) is 11.4. The highest BCUT2D eigenvalue weighted by molar-refractivity contribution is 6.33. The van der Waals surface area contributed by atoms with Gasteiger partial charge in [0.05, 0.1) is 6.21 Å². The van der Waals surface area contributed by atoms with Gasteiger partial charge in [0.1, 0.15) is 0 Å². The summed E-state index contributed by atoms with van der Waals surface area (Å²) in [5.74, 6) is 0.00297. The number of hydrogen-bond acceptors (Lipinski definition) is 3. The molecule has 1 amide bonds. The molecular formula is C15H19ClN2O2. The van der Waals surface area contributed by atoms with Crippen molar-refractivity contribution in [1.29, 1.82) is 0 Å². The Labute approximate surface area is 124 Å². The van der Waals surface area contributed by atoms with Crippen LogP contribution in [0.1, 0.15) is 31.2 Å². The molecule has 5 heteroatoms. The van der Waals surface area contributed by atoms with Crippen molar-refractivity contribution in [3.05, 3.63) is 34.9 Å². The first-order chi connectivity index (χ1) is 9.77. The van der Waals surface area contributed by atoms with Crippen molar-refractivity contribution in [3.8, 4) is 0 Å². The smallest absolute Gasteiger partial charge is 0.263 e. The molecule has 1 heterocycles. The molecule has 2 rings (SSSR count). The van der Waals surface area contributed by atoms with E-state index in [1.54, 1.807) is 6.07 Å². The first kappa shape index (κ1) is 14.9. The summed E-state index contributed by atoms with van der Waals surface area (Å²) >= 11 is 5.98. The summed E-state index contributed by atoms with van der Waals surface area (Å²) in [4.78, 5) is 18.9. The van der Waals surface area contributed by atoms with Crippen LogP contribution in [-0.2, 0) is 9.63 Å². The van der Waals surface area contributed by atoms with E-state index in [-0.39, 0.29) is 12.5 Å². The van der Waals surface area contributed by atoms with Crippen molar-refractivity contribution in [3.63, 3.8) is 0 Å². The molecule has 20 heavy (non-hydrogen) atoms. The predicted octanol–water partition coefficient (Wildman–Crippen LogP) is 3.09. The molecule has 0 aliphatic carbocycles. The summed E-state index contributed by atoms with van der Waals surface area (Å²) in [6.07, 6.45) is 6.09. The number of nitrogens with zero attached hydrogens (tertiary/aromatic N) is 2. The fourth-order valence-corrected chi connectivity index (χ4v) is 2.36. The fourth-order valence-electron chi connectivity index (χ4n) is 2.18. The maximum absolute atomic E-state index is 11.9. The molecule has 1 aromatic carbocycles. The third kappa shape index (κ3) is 4.53. The van der Waals surface area contributed by atoms with E-state index < -0.39 is 0 Å². The number of amides is 1. The van der Waals surface area contributed by atoms with Gasteiger partial charge in [0.2, 0.25) is 0 Å². The van der Waals surface area contributed by atoms with Gasteiger partial charge in [0.25, 0.3) is 5.91 Å². The monoisotopic (exact) mass is 294 g/mol. The molecule has 1 aromatic rings. The minimum absolute atomic E-state index is 0.00297. The highest BCUT2D eigenvalue weighted by Crippen LogP contribution is 2.12. The highest BCUT2D eigenvalue weighted by Gasteiger charge is 2.15. The molecule has 4 nitrogen and oxygen atoms in total. The molecule has 0 radical (unpaired) electrons. The largest absolute Gasteiger partial charge is 0.386 e. The first-order valence-corrected chi connectivity index (χ1v) is 7.33. The van der Waals surface area contributed by atoms with Crippen LogP contribution < -0.4 is 0 Å². The molecule has 0 spiro atoms. The van der Waals surface area contributed by atoms with Crippen LogP contribution in [0.4, 0.5) is 0 Å². The van der Waals surface area contributed by atoms with Crippen molar-refractivity contribution in [2.45, 2.75) is 25.7 Å². The Hall–Kier alpha value is -1.55. The summed E-state index contributed by atoms with van der Waals surface area (Å²) in [5.41, 5.74) is 0.774. The lowest BCUT2D eigenvalue weighted by Gasteiger charge is -2.19. The van der Waals surface area contributed by atoms with E-state index in [0.717, 1.165) is 31.5 Å². The molecule has 1 aliphatic rings. The third-order valence-electron chi connectivity index (χ3n) is 3.32. The minimum atomic E-state index is -0.0129. The summed E-state index contributed by atoms with van der Waals surface area (Å²) in [6, 6.07) is 7.34. The number of benzene rings is 1. The lowest BCUT2D eigenvalue weighted by molar-refractivity contribution is -0.136. The molecule has 1 saturated heterocycles. The Balaban J connectivity index is 1.77. The number of carbonyl (C=O) groups excluding carboxylic acids is 1. The standard InChI is InChI=1S/C15H19ClN2O2/c16-14-8-4-3-7-13(14)11-17-20-12-15(19)18-9-5-1-2-6-10-18/h3-4,7-8,11H,1-2,5-6,9-10,12H2/b17-11+. The van der Waals surface area contributed by atoms with Crippen LogP contribution in [0, 0.1) is 0 Å². The van der Waals surface area contributed by atoms with Crippen LogP contribution in [0.25, 0.3) is 0 Å². The minimum Gasteiger partial charge on any atom is -0.386 e. The second kappa shape index (κ2) is 7.90. The first-order valence-electron chi connectivity index (χ1n) is 6.95. The lowest BCUT2D eigenvalue weighted by Crippen LogP contribution is -2.34. The Morgan fingerprint density at radius 1 is 1.25 bits per heavy atom. The Morgan fingerprint density at radius 2 is 1.95 bits per heavy atom. The van der Waals surface area contributed by atoms with Crippen molar-refractivity contribution in [2.24, 2.45) is 5.16 Å². The van der Waals surface area contributed by atoms with Gasteiger partial charge in [-0.15, -0.1) is 0 Å². The second-order valence-electron chi connectivity index (χ2n) is 4.82. The van der Waals surface area contributed by atoms with E-state index in [9.17, 15) is 4.79 Å². The summed E-state index contributed by atoms with van der Waals surface area (Å²) in [7, 11) is 0. The number of carbonyl (C=O) groups is 1. The SMILES string of the molecule is O=C(CO/N=C/c1ccccc1Cl)N1CCCCCC1. The molecule has 0 N–H and O–H groups in total. The molecule has 0 atom stereocenters. The van der Waals surface area contributed by atoms with Crippen molar-refractivity contribution >= 4 is 23.7 Å². The fraction of sp³-hybridized carbons (Fsp3) is 0.467. The van der Waals surface area contributed by atoms with Gasteiger partial charge in [0.15, 0.2) is 6.61 Å². The number of rotatable bonds is 4. The topological polar surface area (TPSA) is 41.9 Å². The average Bonchev–Trinajstić information content (AvgIpc) is 2.74. The van der Waals surface area contributed by atoms with Gasteiger partial charge in [-0.05, 0) is 18.9 Å². The lowest BCUT2D eigenvalue weighted by atomic mass is 10.2. The van der Waals surface area contributed by atoms with Crippen molar-refractivity contribution in [2.75, 3.05) is 19.7 Å². The zero-order chi connectivity index (χ0) is 14.2.